The zero-order valence-corrected chi connectivity index (χ0v) is 13.2. The molecule has 3 N–H and O–H groups in total. The van der Waals surface area contributed by atoms with Gasteiger partial charge in [0.2, 0.25) is 0 Å². The average Bonchev–Trinajstić information content (AvgIpc) is 2.71. The monoisotopic (exact) mass is 296 g/mol. The Bertz CT molecular complexity index is 543. The summed E-state index contributed by atoms with van der Waals surface area (Å²) in [7, 11) is 5.25. The molecule has 0 saturated heterocycles. The van der Waals surface area contributed by atoms with Crippen molar-refractivity contribution in [1.29, 1.82) is 5.26 Å². The van der Waals surface area contributed by atoms with Crippen molar-refractivity contribution in [2.45, 2.75) is 19.4 Å². The van der Waals surface area contributed by atoms with E-state index < -0.39 is 5.97 Å². The SMILES string of the molecule is COC(=O)c1c(NCC(C)(C)N(C)C)sc(C#N)c1N. The Morgan fingerprint density at radius 1 is 1.55 bits per heavy atom. The van der Waals surface area contributed by atoms with Gasteiger partial charge in [-0.2, -0.15) is 5.26 Å². The second-order valence-corrected chi connectivity index (χ2v) is 6.23. The molecule has 0 aromatic carbocycles. The quantitative estimate of drug-likeness (QED) is 0.804. The maximum Gasteiger partial charge on any atom is 0.343 e. The zero-order valence-electron chi connectivity index (χ0n) is 12.4. The van der Waals surface area contributed by atoms with Crippen molar-refractivity contribution in [3.05, 3.63) is 10.4 Å². The Labute approximate surface area is 123 Å². The maximum absolute atomic E-state index is 11.8. The lowest BCUT2D eigenvalue weighted by Gasteiger charge is -2.32. The van der Waals surface area contributed by atoms with E-state index in [2.05, 4.69) is 24.1 Å². The molecule has 0 bridgehead atoms. The van der Waals surface area contributed by atoms with Gasteiger partial charge in [-0.15, -0.1) is 11.3 Å². The molecular weight excluding hydrogens is 276 g/mol. The van der Waals surface area contributed by atoms with Crippen molar-refractivity contribution in [1.82, 2.24) is 4.90 Å². The van der Waals surface area contributed by atoms with Crippen molar-refractivity contribution in [2.24, 2.45) is 0 Å². The number of carbonyl (C=O) groups is 1. The second kappa shape index (κ2) is 6.11. The zero-order chi connectivity index (χ0) is 15.5. The molecule has 0 aliphatic heterocycles. The molecule has 20 heavy (non-hydrogen) atoms. The first kappa shape index (κ1) is 16.3. The van der Waals surface area contributed by atoms with Crippen molar-refractivity contribution in [3.8, 4) is 6.07 Å². The van der Waals surface area contributed by atoms with Gasteiger partial charge in [-0.25, -0.2) is 4.79 Å². The van der Waals surface area contributed by atoms with Crippen LogP contribution in [0, 0.1) is 11.3 Å². The standard InChI is InChI=1S/C13H20N4O2S/c1-13(2,17(3)4)7-16-11-9(12(18)19-5)10(15)8(6-14)20-11/h16H,7,15H2,1-5H3. The van der Waals surface area contributed by atoms with Crippen molar-refractivity contribution in [3.63, 3.8) is 0 Å². The normalized spacial score (nSPS) is 11.2. The molecular formula is C13H20N4O2S. The van der Waals surface area contributed by atoms with Crippen LogP contribution < -0.4 is 11.1 Å². The Kier molecular flexibility index (Phi) is 4.98. The number of methoxy groups -OCH3 is 1. The van der Waals surface area contributed by atoms with Crippen LogP contribution in [0.4, 0.5) is 10.7 Å². The molecule has 0 atom stereocenters. The Balaban J connectivity index is 3.07. The molecule has 110 valence electrons. The molecule has 0 aliphatic rings. The summed E-state index contributed by atoms with van der Waals surface area (Å²) in [6, 6.07) is 1.99. The number of nitrogen functional groups attached to an aromatic ring is 1. The van der Waals surface area contributed by atoms with Crippen LogP contribution >= 0.6 is 11.3 Å². The summed E-state index contributed by atoms with van der Waals surface area (Å²) in [4.78, 5) is 14.2. The molecule has 0 fully saturated rings. The van der Waals surface area contributed by atoms with Gasteiger partial charge < -0.3 is 20.7 Å². The van der Waals surface area contributed by atoms with Gasteiger partial charge >= 0.3 is 5.97 Å². The molecule has 0 spiro atoms. The first-order valence-electron chi connectivity index (χ1n) is 6.06. The topological polar surface area (TPSA) is 91.4 Å². The third-order valence-electron chi connectivity index (χ3n) is 3.33. The van der Waals surface area contributed by atoms with E-state index >= 15 is 0 Å². The minimum atomic E-state index is -0.537. The highest BCUT2D eigenvalue weighted by Gasteiger charge is 2.25. The molecule has 1 heterocycles. The van der Waals surface area contributed by atoms with Crippen LogP contribution in [0.25, 0.3) is 0 Å². The summed E-state index contributed by atoms with van der Waals surface area (Å²) in [5.74, 6) is -0.537. The van der Waals surface area contributed by atoms with Crippen LogP contribution in [0.1, 0.15) is 29.1 Å². The number of carbonyl (C=O) groups excluding carboxylic acids is 1. The van der Waals surface area contributed by atoms with E-state index in [-0.39, 0.29) is 16.8 Å². The Morgan fingerprint density at radius 2 is 2.15 bits per heavy atom. The van der Waals surface area contributed by atoms with E-state index in [1.54, 1.807) is 0 Å². The number of esters is 1. The lowest BCUT2D eigenvalue weighted by molar-refractivity contribution is 0.0603. The summed E-state index contributed by atoms with van der Waals surface area (Å²) in [6.07, 6.45) is 0. The minimum Gasteiger partial charge on any atom is -0.465 e. The molecule has 1 rings (SSSR count). The van der Waals surface area contributed by atoms with Gasteiger partial charge in [0.15, 0.2) is 0 Å². The number of nitrogens with two attached hydrogens (primary N) is 1. The van der Waals surface area contributed by atoms with E-state index in [0.29, 0.717) is 16.4 Å². The number of thiophene rings is 1. The number of nitriles is 1. The number of hydrogen-bond donors (Lipinski definition) is 2. The predicted octanol–water partition coefficient (Wildman–Crippen LogP) is 1.74. The van der Waals surface area contributed by atoms with Gasteiger partial charge in [0.05, 0.1) is 12.8 Å². The summed E-state index contributed by atoms with van der Waals surface area (Å²) < 4.78 is 4.72. The van der Waals surface area contributed by atoms with Crippen LogP contribution in [-0.4, -0.2) is 44.2 Å². The van der Waals surface area contributed by atoms with Gasteiger partial charge in [-0.05, 0) is 27.9 Å². The minimum absolute atomic E-state index is 0.112. The molecule has 0 radical (unpaired) electrons. The fourth-order valence-corrected chi connectivity index (χ4v) is 2.31. The summed E-state index contributed by atoms with van der Waals surface area (Å²) in [6.45, 7) is 4.74. The molecule has 1 aromatic rings. The van der Waals surface area contributed by atoms with Gasteiger partial charge in [0.25, 0.3) is 0 Å². The first-order chi connectivity index (χ1) is 9.24. The van der Waals surface area contributed by atoms with Gasteiger partial charge in [0, 0.05) is 12.1 Å². The van der Waals surface area contributed by atoms with Gasteiger partial charge in [-0.3, -0.25) is 0 Å². The summed E-state index contributed by atoms with van der Waals surface area (Å²) >= 11 is 1.17. The van der Waals surface area contributed by atoms with Crippen molar-refractivity contribution in [2.75, 3.05) is 38.8 Å². The summed E-state index contributed by atoms with van der Waals surface area (Å²) in [5.41, 5.74) is 6.13. The average molecular weight is 296 g/mol. The largest absolute Gasteiger partial charge is 0.465 e. The van der Waals surface area contributed by atoms with E-state index in [4.69, 9.17) is 15.7 Å². The third kappa shape index (κ3) is 3.21. The van der Waals surface area contributed by atoms with E-state index in [9.17, 15) is 4.79 Å². The lowest BCUT2D eigenvalue weighted by atomic mass is 10.0. The number of rotatable bonds is 5. The fraction of sp³-hybridized carbons (Fsp3) is 0.538. The van der Waals surface area contributed by atoms with E-state index in [0.717, 1.165) is 0 Å². The van der Waals surface area contributed by atoms with Crippen LogP contribution in [-0.2, 0) is 4.74 Å². The molecule has 0 amide bonds. The number of nitrogens with zero attached hydrogens (tertiary/aromatic N) is 2. The van der Waals surface area contributed by atoms with Crippen LogP contribution in [0.2, 0.25) is 0 Å². The molecule has 7 heteroatoms. The molecule has 0 saturated carbocycles. The Hall–Kier alpha value is -1.78. The molecule has 1 aromatic heterocycles. The highest BCUT2D eigenvalue weighted by Crippen LogP contribution is 2.36. The smallest absolute Gasteiger partial charge is 0.343 e. The predicted molar refractivity (Wildman–Crippen MR) is 81.0 cm³/mol. The van der Waals surface area contributed by atoms with Crippen LogP contribution in [0.5, 0.6) is 0 Å². The lowest BCUT2D eigenvalue weighted by Crippen LogP contribution is -2.44. The van der Waals surface area contributed by atoms with Crippen LogP contribution in [0.15, 0.2) is 0 Å². The highest BCUT2D eigenvalue weighted by atomic mass is 32.1. The maximum atomic E-state index is 11.8. The third-order valence-corrected chi connectivity index (χ3v) is 4.40. The molecule has 6 nitrogen and oxygen atoms in total. The van der Waals surface area contributed by atoms with Crippen LogP contribution in [0.3, 0.4) is 0 Å². The number of likely N-dealkylation sites (N-methyl/N-ethyl adjacent to an activating group) is 1. The molecule has 0 aliphatic carbocycles. The number of anilines is 2. The fourth-order valence-electron chi connectivity index (χ4n) is 1.41. The highest BCUT2D eigenvalue weighted by molar-refractivity contribution is 7.17. The first-order valence-corrected chi connectivity index (χ1v) is 6.88. The summed E-state index contributed by atoms with van der Waals surface area (Å²) in [5, 5.41) is 12.8. The second-order valence-electron chi connectivity index (χ2n) is 5.21. The number of hydrogen-bond acceptors (Lipinski definition) is 7. The Morgan fingerprint density at radius 3 is 2.60 bits per heavy atom. The molecule has 0 unspecified atom stereocenters. The van der Waals surface area contributed by atoms with E-state index in [1.807, 2.05) is 20.2 Å². The van der Waals surface area contributed by atoms with E-state index in [1.165, 1.54) is 18.4 Å². The van der Waals surface area contributed by atoms with Crippen molar-refractivity contribution < 1.29 is 9.53 Å². The number of nitrogens with one attached hydrogen (secondary N) is 1. The van der Waals surface area contributed by atoms with Gasteiger partial charge in [0.1, 0.15) is 21.5 Å². The van der Waals surface area contributed by atoms with Crippen molar-refractivity contribution >= 4 is 28.0 Å². The number of ether oxygens (including phenoxy) is 1. The van der Waals surface area contributed by atoms with Gasteiger partial charge in [-0.1, -0.05) is 0 Å².